The number of aliphatic hydroxyl groups excluding tert-OH is 4. The van der Waals surface area contributed by atoms with Crippen LogP contribution in [0.4, 0.5) is 0 Å². The number of fused-ring (bicyclic) bond motifs is 4. The lowest BCUT2D eigenvalue weighted by Gasteiger charge is -2.55. The van der Waals surface area contributed by atoms with Crippen LogP contribution in [0.15, 0.2) is 11.1 Å². The summed E-state index contributed by atoms with van der Waals surface area (Å²) >= 11 is 0. The van der Waals surface area contributed by atoms with E-state index in [2.05, 4.69) is 20.8 Å². The van der Waals surface area contributed by atoms with Crippen LogP contribution in [0.5, 0.6) is 0 Å². The highest BCUT2D eigenvalue weighted by atomic mass is 16.7. The van der Waals surface area contributed by atoms with Crippen LogP contribution in [0.2, 0.25) is 0 Å². The molecule has 0 radical (unpaired) electrons. The molecule has 3 aliphatic carbocycles. The van der Waals surface area contributed by atoms with Crippen molar-refractivity contribution in [3.63, 3.8) is 0 Å². The van der Waals surface area contributed by atoms with Crippen LogP contribution in [0.1, 0.15) is 46.5 Å². The Morgan fingerprint density at radius 1 is 1.03 bits per heavy atom. The van der Waals surface area contributed by atoms with Gasteiger partial charge in [0.05, 0.1) is 18.8 Å². The molecular weight excluding hydrogens is 484 g/mol. The lowest BCUT2D eigenvalue weighted by molar-refractivity contribution is -0.236. The van der Waals surface area contributed by atoms with Crippen LogP contribution in [0.3, 0.4) is 0 Å². The van der Waals surface area contributed by atoms with Gasteiger partial charge < -0.3 is 44.1 Å². The number of aliphatic hydroxyl groups is 4. The van der Waals surface area contributed by atoms with Gasteiger partial charge >= 0.3 is 5.97 Å². The minimum atomic E-state index is -1.42. The number of esters is 1. The highest BCUT2D eigenvalue weighted by molar-refractivity contribution is 5.92. The summed E-state index contributed by atoms with van der Waals surface area (Å²) in [5, 5.41) is 41.5. The third-order valence-corrected chi connectivity index (χ3v) is 11.8. The van der Waals surface area contributed by atoms with E-state index >= 15 is 0 Å². The fraction of sp³-hybridized carbons (Fsp3) is 0.889. The Hall–Kier alpha value is -1.11. The molecule has 0 aromatic rings. The van der Waals surface area contributed by atoms with Gasteiger partial charge in [-0.15, -0.1) is 0 Å². The number of ether oxygens (including phenoxy) is 5. The molecule has 4 N–H and O–H groups in total. The van der Waals surface area contributed by atoms with Crippen LogP contribution >= 0.6 is 0 Å². The number of carbonyl (C=O) groups excluding carboxylic acids is 1. The maximum atomic E-state index is 12.4. The zero-order chi connectivity index (χ0) is 25.9. The minimum absolute atomic E-state index is 0.0891. The summed E-state index contributed by atoms with van der Waals surface area (Å²) < 4.78 is 31.6. The average molecular weight is 521 g/mol. The van der Waals surface area contributed by atoms with E-state index in [1.165, 1.54) is 0 Å². The van der Waals surface area contributed by atoms with Crippen LogP contribution < -0.4 is 0 Å². The molecule has 0 bridgehead atoms. The van der Waals surface area contributed by atoms with E-state index in [1.54, 1.807) is 0 Å². The van der Waals surface area contributed by atoms with Crippen LogP contribution in [-0.4, -0.2) is 105 Å². The molecule has 5 heterocycles. The fourth-order valence-corrected chi connectivity index (χ4v) is 9.94. The Bertz CT molecular complexity index is 1100. The van der Waals surface area contributed by atoms with Gasteiger partial charge in [0.1, 0.15) is 60.0 Å². The van der Waals surface area contributed by atoms with Gasteiger partial charge in [0, 0.05) is 16.9 Å². The highest BCUT2D eigenvalue weighted by Gasteiger charge is 2.99. The van der Waals surface area contributed by atoms with Gasteiger partial charge in [-0.1, -0.05) is 20.8 Å². The Balaban J connectivity index is 1.20. The number of cyclic esters (lactones) is 1. The van der Waals surface area contributed by atoms with Gasteiger partial charge in [-0.2, -0.15) is 0 Å². The quantitative estimate of drug-likeness (QED) is 0.284. The minimum Gasteiger partial charge on any atom is -0.458 e. The molecule has 14 atom stereocenters. The van der Waals surface area contributed by atoms with E-state index in [0.29, 0.717) is 19.4 Å². The lowest BCUT2D eigenvalue weighted by Crippen LogP contribution is -2.68. The smallest absolute Gasteiger partial charge is 0.334 e. The van der Waals surface area contributed by atoms with Gasteiger partial charge in [0.2, 0.25) is 0 Å². The first-order chi connectivity index (χ1) is 17.6. The molecule has 6 fully saturated rings. The SMILES string of the molecule is CC(C)[C@]12O[C@H]1[C@@H]1O[C@]13[C@]1(O[C@H]1C[C@H]1C4=C(CC[C@@]13C)C(=O)OC4)[C@@H]2C[C@@H]1OC(CO)[C@H](O)C(O)C1O. The molecule has 4 saturated heterocycles. The number of hydrogen-bond donors (Lipinski definition) is 4. The molecular formula is C27H36O10. The monoisotopic (exact) mass is 520 g/mol. The second-order valence-electron chi connectivity index (χ2n) is 13.2. The first-order valence-electron chi connectivity index (χ1n) is 13.8. The normalized spacial score (nSPS) is 60.5. The van der Waals surface area contributed by atoms with E-state index in [4.69, 9.17) is 23.7 Å². The molecule has 10 nitrogen and oxygen atoms in total. The largest absolute Gasteiger partial charge is 0.458 e. The standard InChI is InChI=1S/C27H36O10/c1-10(2)25-16(7-14-18(29)20(31)19(30)15(8-28)34-14)26-17(35-26)6-13-12-9-33-23(32)11(12)4-5-24(13,3)27(26)22(37-27)21(25)36-25/h10,13-22,28-31H,4-9H2,1-3H3/t13-,14-,15?,16+,17-,18?,19-,20?,21-,22-,24-,25+,26-,27+/m0/s1. The number of carbonyl (C=O) groups is 1. The number of epoxide rings is 3. The van der Waals surface area contributed by atoms with Gasteiger partial charge in [0.15, 0.2) is 0 Å². The van der Waals surface area contributed by atoms with Crippen molar-refractivity contribution in [1.82, 2.24) is 0 Å². The Labute approximate surface area is 214 Å². The maximum absolute atomic E-state index is 12.4. The molecule has 5 aliphatic heterocycles. The molecule has 37 heavy (non-hydrogen) atoms. The summed E-state index contributed by atoms with van der Waals surface area (Å²) in [5.74, 6) is -0.0814. The van der Waals surface area contributed by atoms with Gasteiger partial charge in [-0.3, -0.25) is 0 Å². The molecule has 10 heteroatoms. The summed E-state index contributed by atoms with van der Waals surface area (Å²) in [4.78, 5) is 12.4. The van der Waals surface area contributed by atoms with Gasteiger partial charge in [0.25, 0.3) is 0 Å². The average Bonchev–Trinajstić information content (AvgIpc) is 3.77. The Morgan fingerprint density at radius 2 is 1.78 bits per heavy atom. The summed E-state index contributed by atoms with van der Waals surface area (Å²) in [6.07, 6.45) is -3.60. The maximum Gasteiger partial charge on any atom is 0.334 e. The van der Waals surface area contributed by atoms with Crippen LogP contribution in [0.25, 0.3) is 0 Å². The summed E-state index contributed by atoms with van der Waals surface area (Å²) in [7, 11) is 0. The summed E-state index contributed by atoms with van der Waals surface area (Å²) in [5.41, 5.74) is -0.0319. The fourth-order valence-electron chi connectivity index (χ4n) is 9.94. The zero-order valence-corrected chi connectivity index (χ0v) is 21.3. The summed E-state index contributed by atoms with van der Waals surface area (Å²) in [6.45, 7) is 6.43. The first kappa shape index (κ1) is 23.7. The predicted octanol–water partition coefficient (Wildman–Crippen LogP) is -0.409. The predicted molar refractivity (Wildman–Crippen MR) is 123 cm³/mol. The molecule has 0 aromatic carbocycles. The highest BCUT2D eigenvalue weighted by Crippen LogP contribution is 2.85. The molecule has 2 saturated carbocycles. The van der Waals surface area contributed by atoms with E-state index in [1.807, 2.05) is 0 Å². The van der Waals surface area contributed by atoms with Crippen LogP contribution in [-0.2, 0) is 28.5 Å². The van der Waals surface area contributed by atoms with Crippen molar-refractivity contribution in [3.8, 4) is 0 Å². The molecule has 8 rings (SSSR count). The molecule has 0 amide bonds. The Morgan fingerprint density at radius 3 is 2.51 bits per heavy atom. The second kappa shape index (κ2) is 6.96. The third-order valence-electron chi connectivity index (χ3n) is 11.8. The van der Waals surface area contributed by atoms with Gasteiger partial charge in [-0.05, 0) is 43.1 Å². The van der Waals surface area contributed by atoms with E-state index in [9.17, 15) is 25.2 Å². The van der Waals surface area contributed by atoms with Crippen molar-refractivity contribution in [3.05, 3.63) is 11.1 Å². The first-order valence-corrected chi connectivity index (χ1v) is 13.8. The molecule has 204 valence electrons. The van der Waals surface area contributed by atoms with E-state index < -0.39 is 53.9 Å². The summed E-state index contributed by atoms with van der Waals surface area (Å²) in [6, 6.07) is 0. The Kier molecular flexibility index (Phi) is 4.47. The van der Waals surface area contributed by atoms with Crippen molar-refractivity contribution in [2.45, 2.75) is 112 Å². The second-order valence-corrected chi connectivity index (χ2v) is 13.2. The van der Waals surface area contributed by atoms with Gasteiger partial charge in [-0.25, -0.2) is 4.79 Å². The molecule has 2 spiro atoms. The van der Waals surface area contributed by atoms with Crippen molar-refractivity contribution in [2.24, 2.45) is 23.2 Å². The van der Waals surface area contributed by atoms with E-state index in [0.717, 1.165) is 24.0 Å². The molecule has 0 aromatic heterocycles. The molecule has 8 aliphatic rings. The van der Waals surface area contributed by atoms with Crippen LogP contribution in [0, 0.1) is 23.2 Å². The zero-order valence-electron chi connectivity index (χ0n) is 21.3. The topological polar surface area (TPSA) is 154 Å². The van der Waals surface area contributed by atoms with E-state index in [-0.39, 0.29) is 47.4 Å². The lowest BCUT2D eigenvalue weighted by atomic mass is 9.44. The molecule has 3 unspecified atom stereocenters. The van der Waals surface area contributed by atoms with Crippen molar-refractivity contribution < 1.29 is 48.9 Å². The van der Waals surface area contributed by atoms with Crippen molar-refractivity contribution >= 4 is 5.97 Å². The van der Waals surface area contributed by atoms with Crippen molar-refractivity contribution in [1.29, 1.82) is 0 Å². The van der Waals surface area contributed by atoms with Crippen molar-refractivity contribution in [2.75, 3.05) is 13.2 Å². The number of hydrogen-bond acceptors (Lipinski definition) is 10. The third kappa shape index (κ3) is 2.42. The number of rotatable bonds is 4.